The highest BCUT2D eigenvalue weighted by Crippen LogP contribution is 2.02. The van der Waals surface area contributed by atoms with Gasteiger partial charge in [-0.2, -0.15) is 0 Å². The summed E-state index contributed by atoms with van der Waals surface area (Å²) in [5.74, 6) is -2.39. The number of hydrogen-bond donors (Lipinski definition) is 1. The number of ketones is 1. The predicted octanol–water partition coefficient (Wildman–Crippen LogP) is 0.149. The van der Waals surface area contributed by atoms with E-state index in [9.17, 15) is 14.4 Å². The van der Waals surface area contributed by atoms with Crippen molar-refractivity contribution in [1.82, 2.24) is 0 Å². The van der Waals surface area contributed by atoms with Crippen molar-refractivity contribution in [3.8, 4) is 0 Å². The van der Waals surface area contributed by atoms with E-state index < -0.39 is 11.9 Å². The number of rotatable bonds is 4. The average molecular weight is 186 g/mol. The van der Waals surface area contributed by atoms with E-state index in [4.69, 9.17) is 5.11 Å². The molecule has 0 fully saturated rings. The number of hydrogen-bond acceptors (Lipinski definition) is 4. The molecule has 0 heterocycles. The number of carbonyl (C=O) groups excluding carboxylic acids is 2. The maximum Gasteiger partial charge on any atom is 0.332 e. The van der Waals surface area contributed by atoms with Crippen LogP contribution >= 0.6 is 0 Å². The van der Waals surface area contributed by atoms with Crippen molar-refractivity contribution in [1.29, 1.82) is 0 Å². The molecule has 0 saturated heterocycles. The fourth-order valence-corrected chi connectivity index (χ4v) is 0.658. The molecule has 72 valence electrons. The topological polar surface area (TPSA) is 80.7 Å². The van der Waals surface area contributed by atoms with Crippen LogP contribution in [0.15, 0.2) is 11.6 Å². The minimum atomic E-state index is -1.29. The Bertz CT molecular complexity index is 264. The molecular formula is C8H10O5. The largest absolute Gasteiger partial charge is 0.478 e. The average Bonchev–Trinajstić information content (AvgIpc) is 2.02. The van der Waals surface area contributed by atoms with Crippen molar-refractivity contribution in [3.63, 3.8) is 0 Å². The minimum Gasteiger partial charge on any atom is -0.478 e. The molecule has 0 radical (unpaired) electrons. The molecule has 0 aromatic heterocycles. The van der Waals surface area contributed by atoms with Crippen molar-refractivity contribution in [2.45, 2.75) is 13.3 Å². The van der Waals surface area contributed by atoms with E-state index in [1.54, 1.807) is 0 Å². The summed E-state index contributed by atoms with van der Waals surface area (Å²) in [5.41, 5.74) is -0.264. The zero-order chi connectivity index (χ0) is 10.4. The highest BCUT2D eigenvalue weighted by Gasteiger charge is 2.11. The van der Waals surface area contributed by atoms with Gasteiger partial charge in [0.1, 0.15) is 5.78 Å². The van der Waals surface area contributed by atoms with Crippen LogP contribution in [0.1, 0.15) is 13.3 Å². The SMILES string of the molecule is COC(=O)/C=C(/CC(C)=O)C(=O)O. The van der Waals surface area contributed by atoms with E-state index in [0.29, 0.717) is 0 Å². The van der Waals surface area contributed by atoms with Crippen LogP contribution in [0.4, 0.5) is 0 Å². The quantitative estimate of drug-likeness (QED) is 0.499. The van der Waals surface area contributed by atoms with Gasteiger partial charge in [0.2, 0.25) is 0 Å². The summed E-state index contributed by atoms with van der Waals surface area (Å²) in [6.45, 7) is 1.24. The summed E-state index contributed by atoms with van der Waals surface area (Å²) >= 11 is 0. The highest BCUT2D eigenvalue weighted by molar-refractivity contribution is 5.99. The minimum absolute atomic E-state index is 0.264. The number of esters is 1. The number of aliphatic carboxylic acids is 1. The smallest absolute Gasteiger partial charge is 0.332 e. The van der Waals surface area contributed by atoms with Crippen LogP contribution in [0.2, 0.25) is 0 Å². The Hall–Kier alpha value is -1.65. The lowest BCUT2D eigenvalue weighted by molar-refractivity contribution is -0.137. The van der Waals surface area contributed by atoms with Gasteiger partial charge in [-0.1, -0.05) is 0 Å². The van der Waals surface area contributed by atoms with Gasteiger partial charge >= 0.3 is 11.9 Å². The number of ether oxygens (including phenoxy) is 1. The highest BCUT2D eigenvalue weighted by atomic mass is 16.5. The first-order chi connectivity index (χ1) is 5.97. The van der Waals surface area contributed by atoms with Crippen molar-refractivity contribution in [2.24, 2.45) is 0 Å². The number of carbonyl (C=O) groups is 3. The Balaban J connectivity index is 4.60. The lowest BCUT2D eigenvalue weighted by atomic mass is 10.1. The molecule has 13 heavy (non-hydrogen) atoms. The number of Topliss-reactive ketones (excluding diaryl/α,β-unsaturated/α-hetero) is 1. The van der Waals surface area contributed by atoms with Gasteiger partial charge in [-0.05, 0) is 6.92 Å². The van der Waals surface area contributed by atoms with Crippen LogP contribution in [0.5, 0.6) is 0 Å². The third-order valence-corrected chi connectivity index (χ3v) is 1.21. The zero-order valence-electron chi connectivity index (χ0n) is 7.36. The summed E-state index contributed by atoms with van der Waals surface area (Å²) < 4.78 is 4.22. The monoisotopic (exact) mass is 186 g/mol. The van der Waals surface area contributed by atoms with Gasteiger partial charge in [0.25, 0.3) is 0 Å². The molecule has 0 aromatic rings. The molecule has 0 bridgehead atoms. The van der Waals surface area contributed by atoms with Crippen molar-refractivity contribution >= 4 is 17.7 Å². The Morgan fingerprint density at radius 3 is 2.23 bits per heavy atom. The van der Waals surface area contributed by atoms with Gasteiger partial charge < -0.3 is 9.84 Å². The molecule has 1 N–H and O–H groups in total. The molecule has 0 spiro atoms. The molecule has 0 unspecified atom stereocenters. The molecule has 0 saturated carbocycles. The molecule has 5 heteroatoms. The third-order valence-electron chi connectivity index (χ3n) is 1.21. The fourth-order valence-electron chi connectivity index (χ4n) is 0.658. The Morgan fingerprint density at radius 1 is 1.38 bits per heavy atom. The molecule has 0 amide bonds. The van der Waals surface area contributed by atoms with E-state index in [1.807, 2.05) is 0 Å². The maximum atomic E-state index is 10.6. The van der Waals surface area contributed by atoms with E-state index in [2.05, 4.69) is 4.74 Å². The molecule has 0 aliphatic heterocycles. The van der Waals surface area contributed by atoms with E-state index >= 15 is 0 Å². The van der Waals surface area contributed by atoms with Crippen LogP contribution in [-0.2, 0) is 19.1 Å². The van der Waals surface area contributed by atoms with Crippen molar-refractivity contribution in [3.05, 3.63) is 11.6 Å². The summed E-state index contributed by atoms with van der Waals surface area (Å²) in [6.07, 6.45) is 0.522. The van der Waals surface area contributed by atoms with Crippen LogP contribution < -0.4 is 0 Å². The third kappa shape index (κ3) is 4.73. The first-order valence-corrected chi connectivity index (χ1v) is 3.48. The van der Waals surface area contributed by atoms with Crippen molar-refractivity contribution < 1.29 is 24.2 Å². The first kappa shape index (κ1) is 11.4. The molecule has 5 nitrogen and oxygen atoms in total. The van der Waals surface area contributed by atoms with Gasteiger partial charge in [0, 0.05) is 12.5 Å². The lowest BCUT2D eigenvalue weighted by Crippen LogP contribution is -2.08. The maximum absolute atomic E-state index is 10.6. The standard InChI is InChI=1S/C8H10O5/c1-5(9)3-6(8(11)12)4-7(10)13-2/h4H,3H2,1-2H3,(H,11,12)/b6-4-. The molecule has 0 rings (SSSR count). The molecular weight excluding hydrogens is 176 g/mol. The Labute approximate surface area is 75.0 Å². The Kier molecular flexibility index (Phi) is 4.43. The Morgan fingerprint density at radius 2 is 1.92 bits per heavy atom. The summed E-state index contributed by atoms with van der Waals surface area (Å²) in [4.78, 5) is 31.7. The molecule has 0 atom stereocenters. The summed E-state index contributed by atoms with van der Waals surface area (Å²) in [6, 6.07) is 0. The normalized spacial score (nSPS) is 10.8. The van der Waals surface area contributed by atoms with Crippen LogP contribution in [0.25, 0.3) is 0 Å². The van der Waals surface area contributed by atoms with Crippen LogP contribution in [-0.4, -0.2) is 29.9 Å². The van der Waals surface area contributed by atoms with Gasteiger partial charge in [-0.3, -0.25) is 4.79 Å². The molecule has 0 aromatic carbocycles. The van der Waals surface area contributed by atoms with Gasteiger partial charge in [0.05, 0.1) is 12.7 Å². The van der Waals surface area contributed by atoms with Gasteiger partial charge in [-0.15, -0.1) is 0 Å². The number of methoxy groups -OCH3 is 1. The first-order valence-electron chi connectivity index (χ1n) is 3.48. The zero-order valence-corrected chi connectivity index (χ0v) is 7.36. The molecule has 0 aliphatic rings. The number of carboxylic acids is 1. The van der Waals surface area contributed by atoms with Crippen LogP contribution in [0.3, 0.4) is 0 Å². The van der Waals surface area contributed by atoms with E-state index in [-0.39, 0.29) is 17.8 Å². The van der Waals surface area contributed by atoms with Gasteiger partial charge in [0.15, 0.2) is 0 Å². The van der Waals surface area contributed by atoms with Crippen LogP contribution in [0, 0.1) is 0 Å². The van der Waals surface area contributed by atoms with Crippen molar-refractivity contribution in [2.75, 3.05) is 7.11 Å². The predicted molar refractivity (Wildman–Crippen MR) is 43.0 cm³/mol. The van der Waals surface area contributed by atoms with Gasteiger partial charge in [-0.25, -0.2) is 9.59 Å². The summed E-state index contributed by atoms with van der Waals surface area (Å²) in [5, 5.41) is 8.54. The second-order valence-electron chi connectivity index (χ2n) is 2.38. The second kappa shape index (κ2) is 5.08. The lowest BCUT2D eigenvalue weighted by Gasteiger charge is -1.97. The van der Waals surface area contributed by atoms with E-state index in [0.717, 1.165) is 13.2 Å². The summed E-state index contributed by atoms with van der Waals surface area (Å²) in [7, 11) is 1.13. The second-order valence-corrected chi connectivity index (χ2v) is 2.38. The molecule has 0 aliphatic carbocycles. The number of carboxylic acid groups (broad SMARTS) is 1. The fraction of sp³-hybridized carbons (Fsp3) is 0.375. The van der Waals surface area contributed by atoms with E-state index in [1.165, 1.54) is 6.92 Å².